The van der Waals surface area contributed by atoms with Gasteiger partial charge in [-0.1, -0.05) is 12.8 Å². The maximum Gasteiger partial charge on any atom is 0.193 e. The normalized spacial score (nSPS) is 26.0. The highest BCUT2D eigenvalue weighted by Gasteiger charge is 2.35. The first-order valence-corrected chi connectivity index (χ1v) is 8.21. The van der Waals surface area contributed by atoms with Crippen LogP contribution in [0.25, 0.3) is 0 Å². The third kappa shape index (κ3) is 3.22. The zero-order chi connectivity index (χ0) is 14.7. The van der Waals surface area contributed by atoms with Gasteiger partial charge in [0.05, 0.1) is 0 Å². The molecule has 5 heteroatoms. The zero-order valence-electron chi connectivity index (χ0n) is 13.3. The second-order valence-electron chi connectivity index (χ2n) is 6.35. The molecule has 1 N–H and O–H groups in total. The van der Waals surface area contributed by atoms with Crippen molar-refractivity contribution in [2.75, 3.05) is 26.7 Å². The minimum Gasteiger partial charge on any atom is -0.354 e. The second kappa shape index (κ2) is 6.50. The Hall–Kier alpha value is -1.52. The summed E-state index contributed by atoms with van der Waals surface area (Å²) in [5, 5.41) is 3.51. The van der Waals surface area contributed by atoms with Crippen molar-refractivity contribution in [3.8, 4) is 0 Å². The van der Waals surface area contributed by atoms with Crippen molar-refractivity contribution >= 4 is 5.96 Å². The lowest BCUT2D eigenvalue weighted by Crippen LogP contribution is -2.41. The topological polar surface area (TPSA) is 45.5 Å². The maximum absolute atomic E-state index is 4.48. The number of hydrogen-bond donors (Lipinski definition) is 1. The van der Waals surface area contributed by atoms with Crippen LogP contribution in [-0.4, -0.2) is 47.1 Å². The summed E-state index contributed by atoms with van der Waals surface area (Å²) in [6.07, 6.45) is 9.54. The fourth-order valence-corrected chi connectivity index (χ4v) is 3.84. The largest absolute Gasteiger partial charge is 0.354 e. The van der Waals surface area contributed by atoms with E-state index in [9.17, 15) is 0 Å². The van der Waals surface area contributed by atoms with E-state index in [1.165, 1.54) is 38.8 Å². The molecule has 1 saturated heterocycles. The number of guanidine groups is 1. The number of hydrogen-bond acceptors (Lipinski definition) is 2. The Morgan fingerprint density at radius 2 is 2.05 bits per heavy atom. The summed E-state index contributed by atoms with van der Waals surface area (Å²) in [6.45, 7) is 6.25. The van der Waals surface area contributed by atoms with Crippen molar-refractivity contribution in [2.45, 2.75) is 39.2 Å². The molecular weight excluding hydrogens is 262 g/mol. The van der Waals surface area contributed by atoms with Crippen molar-refractivity contribution in [3.63, 3.8) is 0 Å². The van der Waals surface area contributed by atoms with Gasteiger partial charge in [-0.25, -0.2) is 4.98 Å². The van der Waals surface area contributed by atoms with Crippen LogP contribution in [0.15, 0.2) is 17.4 Å². The Labute approximate surface area is 127 Å². The van der Waals surface area contributed by atoms with E-state index in [0.717, 1.165) is 36.7 Å². The molecular formula is C16H27N5. The molecule has 2 heterocycles. The summed E-state index contributed by atoms with van der Waals surface area (Å²) in [4.78, 5) is 11.2. The number of fused-ring (bicyclic) bond motifs is 1. The van der Waals surface area contributed by atoms with Crippen LogP contribution in [0.4, 0.5) is 0 Å². The van der Waals surface area contributed by atoms with Crippen LogP contribution < -0.4 is 5.32 Å². The summed E-state index contributed by atoms with van der Waals surface area (Å²) >= 11 is 0. The standard InChI is InChI=1S/C16H27N5/c1-13-18-7-9-20(13)10-8-19-16(17-2)21-11-14-5-3-4-6-15(14)12-21/h7,9,14-15H,3-6,8,10-12H2,1-2H3,(H,17,19). The van der Waals surface area contributed by atoms with Crippen molar-refractivity contribution in [1.82, 2.24) is 19.8 Å². The summed E-state index contributed by atoms with van der Waals surface area (Å²) in [7, 11) is 1.90. The van der Waals surface area contributed by atoms with E-state index >= 15 is 0 Å². The van der Waals surface area contributed by atoms with Crippen molar-refractivity contribution in [3.05, 3.63) is 18.2 Å². The van der Waals surface area contributed by atoms with Gasteiger partial charge in [0.15, 0.2) is 5.96 Å². The molecule has 1 aromatic heterocycles. The average molecular weight is 289 g/mol. The highest BCUT2D eigenvalue weighted by molar-refractivity contribution is 5.80. The molecule has 0 bridgehead atoms. The van der Waals surface area contributed by atoms with Crippen molar-refractivity contribution in [1.29, 1.82) is 0 Å². The van der Waals surface area contributed by atoms with Gasteiger partial charge in [0, 0.05) is 45.6 Å². The van der Waals surface area contributed by atoms with Gasteiger partial charge >= 0.3 is 0 Å². The smallest absolute Gasteiger partial charge is 0.193 e. The first kappa shape index (κ1) is 14.4. The number of aryl methyl sites for hydroxylation is 1. The van der Waals surface area contributed by atoms with Crippen LogP contribution in [0.2, 0.25) is 0 Å². The number of aliphatic imine (C=N–C) groups is 1. The van der Waals surface area contributed by atoms with Crippen LogP contribution in [0.1, 0.15) is 31.5 Å². The number of rotatable bonds is 3. The maximum atomic E-state index is 4.48. The molecule has 0 amide bonds. The average Bonchev–Trinajstić information content (AvgIpc) is 3.09. The van der Waals surface area contributed by atoms with Crippen LogP contribution >= 0.6 is 0 Å². The van der Waals surface area contributed by atoms with Crippen LogP contribution in [0, 0.1) is 18.8 Å². The fraction of sp³-hybridized carbons (Fsp3) is 0.750. The van der Waals surface area contributed by atoms with E-state index in [-0.39, 0.29) is 0 Å². The van der Waals surface area contributed by atoms with Gasteiger partial charge in [0.2, 0.25) is 0 Å². The number of aromatic nitrogens is 2. The Kier molecular flexibility index (Phi) is 4.46. The van der Waals surface area contributed by atoms with Crippen LogP contribution in [0.5, 0.6) is 0 Å². The van der Waals surface area contributed by atoms with Crippen molar-refractivity contribution < 1.29 is 0 Å². The van der Waals surface area contributed by atoms with E-state index in [4.69, 9.17) is 0 Å². The minimum atomic E-state index is 0.896. The highest BCUT2D eigenvalue weighted by atomic mass is 15.3. The van der Waals surface area contributed by atoms with Gasteiger partial charge in [-0.05, 0) is 31.6 Å². The number of nitrogens with one attached hydrogen (secondary N) is 1. The molecule has 0 radical (unpaired) electrons. The van der Waals surface area contributed by atoms with E-state index in [0.29, 0.717) is 0 Å². The summed E-state index contributed by atoms with van der Waals surface area (Å²) in [5.41, 5.74) is 0. The predicted octanol–water partition coefficient (Wildman–Crippen LogP) is 1.89. The predicted molar refractivity (Wildman–Crippen MR) is 85.3 cm³/mol. The molecule has 1 aliphatic heterocycles. The molecule has 5 nitrogen and oxygen atoms in total. The van der Waals surface area contributed by atoms with Gasteiger partial charge in [-0.2, -0.15) is 0 Å². The van der Waals surface area contributed by atoms with Gasteiger partial charge in [0.25, 0.3) is 0 Å². The summed E-state index contributed by atoms with van der Waals surface area (Å²) in [5.74, 6) is 3.93. The summed E-state index contributed by atoms with van der Waals surface area (Å²) in [6, 6.07) is 0. The molecule has 2 unspecified atom stereocenters. The third-order valence-electron chi connectivity index (χ3n) is 5.05. The molecule has 2 fully saturated rings. The molecule has 2 aliphatic rings. The molecule has 21 heavy (non-hydrogen) atoms. The summed E-state index contributed by atoms with van der Waals surface area (Å²) < 4.78 is 2.17. The number of imidazole rings is 1. The van der Waals surface area contributed by atoms with Gasteiger partial charge in [-0.3, -0.25) is 4.99 Å². The number of likely N-dealkylation sites (tertiary alicyclic amines) is 1. The Morgan fingerprint density at radius 3 is 2.62 bits per heavy atom. The Morgan fingerprint density at radius 1 is 1.33 bits per heavy atom. The fourth-order valence-electron chi connectivity index (χ4n) is 3.84. The van der Waals surface area contributed by atoms with Crippen LogP contribution in [-0.2, 0) is 6.54 Å². The monoisotopic (exact) mass is 289 g/mol. The Balaban J connectivity index is 1.50. The van der Waals surface area contributed by atoms with E-state index in [2.05, 4.69) is 24.8 Å². The third-order valence-corrected chi connectivity index (χ3v) is 5.05. The van der Waals surface area contributed by atoms with Gasteiger partial charge in [-0.15, -0.1) is 0 Å². The minimum absolute atomic E-state index is 0.896. The lowest BCUT2D eigenvalue weighted by Gasteiger charge is -2.22. The first-order valence-electron chi connectivity index (χ1n) is 8.21. The quantitative estimate of drug-likeness (QED) is 0.683. The molecule has 0 spiro atoms. The van der Waals surface area contributed by atoms with E-state index in [1.54, 1.807) is 0 Å². The lowest BCUT2D eigenvalue weighted by atomic mass is 9.82. The molecule has 0 aromatic carbocycles. The molecule has 2 atom stereocenters. The molecule has 1 saturated carbocycles. The first-order chi connectivity index (χ1) is 10.3. The SMILES string of the molecule is CN=C(NCCn1ccnc1C)N1CC2CCCCC2C1. The lowest BCUT2D eigenvalue weighted by molar-refractivity contribution is 0.299. The molecule has 1 aromatic rings. The van der Waals surface area contributed by atoms with Gasteiger partial charge in [0.1, 0.15) is 5.82 Å². The van der Waals surface area contributed by atoms with Gasteiger partial charge < -0.3 is 14.8 Å². The second-order valence-corrected chi connectivity index (χ2v) is 6.35. The number of nitrogens with zero attached hydrogens (tertiary/aromatic N) is 4. The van der Waals surface area contributed by atoms with E-state index < -0.39 is 0 Å². The highest BCUT2D eigenvalue weighted by Crippen LogP contribution is 2.35. The molecule has 3 rings (SSSR count). The van der Waals surface area contributed by atoms with E-state index in [1.807, 2.05) is 26.4 Å². The molecule has 116 valence electrons. The van der Waals surface area contributed by atoms with Crippen LogP contribution in [0.3, 0.4) is 0 Å². The van der Waals surface area contributed by atoms with Crippen molar-refractivity contribution in [2.24, 2.45) is 16.8 Å². The Bertz CT molecular complexity index is 479. The molecule has 1 aliphatic carbocycles. The zero-order valence-corrected chi connectivity index (χ0v) is 13.3.